The van der Waals surface area contributed by atoms with Crippen LogP contribution >= 0.6 is 0 Å². The topological polar surface area (TPSA) is 140 Å². The van der Waals surface area contributed by atoms with E-state index >= 15 is 0 Å². The number of benzene rings is 2. The Morgan fingerprint density at radius 1 is 0.846 bits per heavy atom. The molecule has 26 heavy (non-hydrogen) atoms. The van der Waals surface area contributed by atoms with Gasteiger partial charge in [0.2, 0.25) is 20.0 Å². The predicted molar refractivity (Wildman–Crippen MR) is 96.3 cm³/mol. The summed E-state index contributed by atoms with van der Waals surface area (Å²) in [6.07, 6.45) is 1.31. The molecule has 2 aromatic carbocycles. The molecule has 0 fully saturated rings. The van der Waals surface area contributed by atoms with E-state index in [0.29, 0.717) is 12.0 Å². The van der Waals surface area contributed by atoms with Crippen molar-refractivity contribution in [2.75, 3.05) is 12.8 Å². The van der Waals surface area contributed by atoms with Gasteiger partial charge in [-0.3, -0.25) is 0 Å². The molecule has 0 atom stereocenters. The highest BCUT2D eigenvalue weighted by Crippen LogP contribution is 2.16. The number of rotatable bonds is 7. The fraction of sp³-hybridized carbons (Fsp3) is 0.200. The maximum atomic E-state index is 12.3. The molecule has 0 bridgehead atoms. The normalized spacial score (nSPS) is 12.8. The van der Waals surface area contributed by atoms with Gasteiger partial charge in [-0.15, -0.1) is 0 Å². The van der Waals surface area contributed by atoms with Crippen molar-refractivity contribution in [2.45, 2.75) is 21.1 Å². The van der Waals surface area contributed by atoms with Gasteiger partial charge in [0.15, 0.2) is 9.84 Å². The first-order valence-corrected chi connectivity index (χ1v) is 12.2. The van der Waals surface area contributed by atoms with Crippen molar-refractivity contribution in [3.8, 4) is 0 Å². The summed E-state index contributed by atoms with van der Waals surface area (Å²) in [5.74, 6) is 0. The lowest BCUT2D eigenvalue weighted by atomic mass is 10.2. The number of nitrogens with one attached hydrogen (secondary N) is 1. The first-order chi connectivity index (χ1) is 11.9. The molecule has 0 saturated carbocycles. The van der Waals surface area contributed by atoms with Crippen LogP contribution in [0, 0.1) is 0 Å². The second kappa shape index (κ2) is 7.45. The van der Waals surface area contributed by atoms with Crippen LogP contribution in [-0.4, -0.2) is 38.1 Å². The van der Waals surface area contributed by atoms with E-state index in [0.717, 1.165) is 12.3 Å². The molecule has 0 aliphatic heterocycles. The summed E-state index contributed by atoms with van der Waals surface area (Å²) in [5, 5.41) is 5.01. The Morgan fingerprint density at radius 2 is 1.42 bits per heavy atom. The van der Waals surface area contributed by atoms with Gasteiger partial charge < -0.3 is 0 Å². The van der Waals surface area contributed by atoms with E-state index in [2.05, 4.69) is 4.72 Å². The third-order valence-corrected chi connectivity index (χ3v) is 7.00. The van der Waals surface area contributed by atoms with E-state index in [9.17, 15) is 25.3 Å². The summed E-state index contributed by atoms with van der Waals surface area (Å²) >= 11 is 0. The molecule has 2 rings (SSSR count). The second-order valence-electron chi connectivity index (χ2n) is 5.58. The lowest BCUT2D eigenvalue weighted by Gasteiger charge is -2.08. The van der Waals surface area contributed by atoms with Gasteiger partial charge in [0.1, 0.15) is 0 Å². The maximum absolute atomic E-state index is 12.3. The summed E-state index contributed by atoms with van der Waals surface area (Å²) in [6.45, 7) is 0.0557. The van der Waals surface area contributed by atoms with Crippen molar-refractivity contribution in [1.29, 1.82) is 0 Å². The molecule has 8 nitrogen and oxygen atoms in total. The van der Waals surface area contributed by atoms with Crippen molar-refractivity contribution in [2.24, 2.45) is 5.14 Å². The third kappa shape index (κ3) is 5.35. The van der Waals surface area contributed by atoms with Crippen molar-refractivity contribution >= 4 is 29.9 Å². The van der Waals surface area contributed by atoms with E-state index in [-0.39, 0.29) is 21.2 Å². The number of nitrogens with two attached hydrogens (primary N) is 1. The van der Waals surface area contributed by atoms with Gasteiger partial charge in [-0.05, 0) is 42.3 Å². The minimum absolute atomic E-state index is 0.0283. The lowest BCUT2D eigenvalue weighted by Crippen LogP contribution is -2.26. The van der Waals surface area contributed by atoms with Crippen LogP contribution in [-0.2, 0) is 36.3 Å². The van der Waals surface area contributed by atoms with E-state index in [1.54, 1.807) is 12.1 Å². The highest BCUT2D eigenvalue weighted by molar-refractivity contribution is 7.91. The first kappa shape index (κ1) is 20.5. The Kier molecular flexibility index (Phi) is 5.88. The van der Waals surface area contributed by atoms with Gasteiger partial charge in [0.25, 0.3) is 0 Å². The molecule has 0 radical (unpaired) electrons. The fourth-order valence-corrected chi connectivity index (χ4v) is 4.47. The SMILES string of the molecule is CS(=O)(=O)c1cccc(S(=O)(=O)NCCc2ccc(S(N)(=O)=O)cc2)c1. The molecule has 0 spiro atoms. The Morgan fingerprint density at radius 3 is 1.96 bits per heavy atom. The van der Waals surface area contributed by atoms with Gasteiger partial charge in [-0.25, -0.2) is 35.1 Å². The molecule has 2 aromatic rings. The number of sulfone groups is 1. The number of hydrogen-bond acceptors (Lipinski definition) is 6. The summed E-state index contributed by atoms with van der Waals surface area (Å²) in [4.78, 5) is -0.261. The number of sulfonamides is 2. The van der Waals surface area contributed by atoms with Crippen LogP contribution in [0.25, 0.3) is 0 Å². The zero-order valence-corrected chi connectivity index (χ0v) is 16.2. The second-order valence-corrected chi connectivity index (χ2v) is 10.9. The van der Waals surface area contributed by atoms with E-state index in [4.69, 9.17) is 5.14 Å². The van der Waals surface area contributed by atoms with Gasteiger partial charge in [-0.2, -0.15) is 0 Å². The van der Waals surface area contributed by atoms with Crippen LogP contribution in [0.4, 0.5) is 0 Å². The summed E-state index contributed by atoms with van der Waals surface area (Å²) in [5.41, 5.74) is 0.713. The van der Waals surface area contributed by atoms with Gasteiger partial charge in [-0.1, -0.05) is 18.2 Å². The van der Waals surface area contributed by atoms with Crippen LogP contribution in [0.3, 0.4) is 0 Å². The van der Waals surface area contributed by atoms with E-state index < -0.39 is 29.9 Å². The first-order valence-electron chi connectivity index (χ1n) is 7.31. The average molecular weight is 419 g/mol. The molecule has 0 heterocycles. The third-order valence-electron chi connectivity index (χ3n) is 3.50. The molecule has 0 unspecified atom stereocenters. The van der Waals surface area contributed by atoms with Crippen LogP contribution in [0.2, 0.25) is 0 Å². The maximum Gasteiger partial charge on any atom is 0.240 e. The van der Waals surface area contributed by atoms with Gasteiger partial charge >= 0.3 is 0 Å². The molecule has 0 aliphatic rings. The standard InChI is InChI=1S/C15H18N2O6S3/c1-24(18,19)14-3-2-4-15(11-14)26(22,23)17-10-9-12-5-7-13(8-6-12)25(16,20)21/h2-8,11,17H,9-10H2,1H3,(H2,16,20,21). The monoisotopic (exact) mass is 418 g/mol. The highest BCUT2D eigenvalue weighted by Gasteiger charge is 2.16. The van der Waals surface area contributed by atoms with Gasteiger partial charge in [0.05, 0.1) is 14.7 Å². The zero-order valence-electron chi connectivity index (χ0n) is 13.8. The molecule has 0 amide bonds. The van der Waals surface area contributed by atoms with Crippen LogP contribution in [0.1, 0.15) is 5.56 Å². The summed E-state index contributed by atoms with van der Waals surface area (Å²) < 4.78 is 72.4. The molecule has 0 aliphatic carbocycles. The van der Waals surface area contributed by atoms with E-state index in [1.165, 1.54) is 30.3 Å². The molecule has 142 valence electrons. The molecule has 0 aromatic heterocycles. The fourth-order valence-electron chi connectivity index (χ4n) is 2.13. The molecular weight excluding hydrogens is 400 g/mol. The lowest BCUT2D eigenvalue weighted by molar-refractivity contribution is 0.581. The molecule has 0 saturated heterocycles. The molecule has 11 heteroatoms. The van der Waals surface area contributed by atoms with Crippen molar-refractivity contribution in [3.05, 3.63) is 54.1 Å². The largest absolute Gasteiger partial charge is 0.240 e. The van der Waals surface area contributed by atoms with Crippen molar-refractivity contribution in [3.63, 3.8) is 0 Å². The van der Waals surface area contributed by atoms with Crippen LogP contribution in [0.5, 0.6) is 0 Å². The summed E-state index contributed by atoms with van der Waals surface area (Å²) in [7, 11) is -11.2. The quantitative estimate of drug-likeness (QED) is 0.661. The van der Waals surface area contributed by atoms with Crippen LogP contribution in [0.15, 0.2) is 63.2 Å². The predicted octanol–water partition coefficient (Wildman–Crippen LogP) is 0.259. The Hall–Kier alpha value is -1.79. The summed E-state index contributed by atoms with van der Waals surface area (Å²) in [6, 6.07) is 10.8. The minimum atomic E-state index is -3.87. The molecule has 3 N–H and O–H groups in total. The van der Waals surface area contributed by atoms with Crippen molar-refractivity contribution < 1.29 is 25.3 Å². The van der Waals surface area contributed by atoms with Crippen LogP contribution < -0.4 is 9.86 Å². The van der Waals surface area contributed by atoms with Crippen molar-refractivity contribution in [1.82, 2.24) is 4.72 Å². The Bertz CT molecular complexity index is 1110. The minimum Gasteiger partial charge on any atom is -0.225 e. The Balaban J connectivity index is 2.07. The highest BCUT2D eigenvalue weighted by atomic mass is 32.2. The van der Waals surface area contributed by atoms with E-state index in [1.807, 2.05) is 0 Å². The smallest absolute Gasteiger partial charge is 0.225 e. The Labute approximate surface area is 153 Å². The number of primary sulfonamides is 1. The van der Waals surface area contributed by atoms with Gasteiger partial charge in [0, 0.05) is 12.8 Å². The zero-order chi connectivity index (χ0) is 19.6. The number of hydrogen-bond donors (Lipinski definition) is 2. The molecular formula is C15H18N2O6S3. The average Bonchev–Trinajstić information content (AvgIpc) is 2.54.